The summed E-state index contributed by atoms with van der Waals surface area (Å²) in [6, 6.07) is 15.4. The van der Waals surface area contributed by atoms with E-state index in [0.29, 0.717) is 21.3 Å². The second kappa shape index (κ2) is 9.65. The first-order chi connectivity index (χ1) is 16.2. The monoisotopic (exact) mass is 497 g/mol. The van der Waals surface area contributed by atoms with Gasteiger partial charge in [0.1, 0.15) is 12.6 Å². The smallest absolute Gasteiger partial charge is 0.259 e. The molecule has 1 aliphatic heterocycles. The Morgan fingerprint density at radius 2 is 1.71 bits per heavy atom. The number of rotatable bonds is 7. The number of hydrogen-bond acceptors (Lipinski definition) is 3. The summed E-state index contributed by atoms with van der Waals surface area (Å²) < 4.78 is 0. The van der Waals surface area contributed by atoms with E-state index >= 15 is 0 Å². The van der Waals surface area contributed by atoms with Crippen molar-refractivity contribution in [1.29, 1.82) is 0 Å². The van der Waals surface area contributed by atoms with Crippen LogP contribution in [0, 0.1) is 0 Å². The van der Waals surface area contributed by atoms with Crippen molar-refractivity contribution < 1.29 is 14.4 Å². The van der Waals surface area contributed by atoms with E-state index in [1.54, 1.807) is 31.2 Å². The highest BCUT2D eigenvalue weighted by Crippen LogP contribution is 2.37. The minimum atomic E-state index is -0.764. The van der Waals surface area contributed by atoms with E-state index in [-0.39, 0.29) is 36.9 Å². The van der Waals surface area contributed by atoms with Gasteiger partial charge in [0, 0.05) is 23.5 Å². The summed E-state index contributed by atoms with van der Waals surface area (Å²) in [6.45, 7) is 5.34. The molecule has 1 aliphatic rings. The molecule has 0 saturated carbocycles. The number of hydrogen-bond donors (Lipinski definition) is 1. The maximum Gasteiger partial charge on any atom is 0.259 e. The van der Waals surface area contributed by atoms with Crippen molar-refractivity contribution in [2.24, 2.45) is 0 Å². The molecule has 176 valence electrons. The van der Waals surface area contributed by atoms with Gasteiger partial charge in [0.25, 0.3) is 5.91 Å². The van der Waals surface area contributed by atoms with Crippen LogP contribution in [0.3, 0.4) is 0 Å². The van der Waals surface area contributed by atoms with Crippen LogP contribution in [-0.4, -0.2) is 41.2 Å². The van der Waals surface area contributed by atoms with Gasteiger partial charge in [-0.25, -0.2) is 0 Å². The zero-order valence-corrected chi connectivity index (χ0v) is 20.7. The quantitative estimate of drug-likeness (QED) is 0.496. The van der Waals surface area contributed by atoms with Gasteiger partial charge in [-0.1, -0.05) is 53.5 Å². The standard InChI is InChI=1S/C26H25Cl2N3O3/c1-15(2)29-25(33)16(3)30(13-17-10-11-20(27)21(28)12-17)23(32)14-31-22-9-5-7-18-6-4-8-19(24(18)22)26(31)34/h4-12,15-16H,13-14H2,1-3H3,(H,29,33)/t16-/m0/s1. The van der Waals surface area contributed by atoms with Crippen LogP contribution in [0.4, 0.5) is 5.69 Å². The zero-order valence-electron chi connectivity index (χ0n) is 19.1. The molecule has 3 aromatic carbocycles. The van der Waals surface area contributed by atoms with Crippen LogP contribution in [0.1, 0.15) is 36.7 Å². The van der Waals surface area contributed by atoms with E-state index in [1.165, 1.54) is 9.80 Å². The van der Waals surface area contributed by atoms with Crippen molar-refractivity contribution in [1.82, 2.24) is 10.2 Å². The molecule has 4 rings (SSSR count). The van der Waals surface area contributed by atoms with Gasteiger partial charge in [0.15, 0.2) is 0 Å². The van der Waals surface area contributed by atoms with Crippen molar-refractivity contribution in [2.45, 2.75) is 39.4 Å². The Kier molecular flexibility index (Phi) is 6.82. The number of nitrogens with zero attached hydrogens (tertiary/aromatic N) is 2. The molecule has 0 aliphatic carbocycles. The molecule has 1 N–H and O–H groups in total. The average Bonchev–Trinajstić information content (AvgIpc) is 3.06. The first kappa shape index (κ1) is 24.0. The lowest BCUT2D eigenvalue weighted by atomic mass is 10.1. The van der Waals surface area contributed by atoms with Crippen molar-refractivity contribution >= 4 is 57.4 Å². The molecule has 0 aromatic heterocycles. The largest absolute Gasteiger partial charge is 0.352 e. The highest BCUT2D eigenvalue weighted by atomic mass is 35.5. The number of nitrogens with one attached hydrogen (secondary N) is 1. The number of anilines is 1. The molecular weight excluding hydrogens is 473 g/mol. The summed E-state index contributed by atoms with van der Waals surface area (Å²) >= 11 is 12.2. The van der Waals surface area contributed by atoms with Crippen molar-refractivity contribution in [2.75, 3.05) is 11.4 Å². The van der Waals surface area contributed by atoms with Crippen molar-refractivity contribution in [3.8, 4) is 0 Å². The normalized spacial score (nSPS) is 13.5. The van der Waals surface area contributed by atoms with Crippen LogP contribution >= 0.6 is 23.2 Å². The lowest BCUT2D eigenvalue weighted by molar-refractivity contribution is -0.139. The predicted octanol–water partition coefficient (Wildman–Crippen LogP) is 5.05. The third-order valence-electron chi connectivity index (χ3n) is 5.88. The molecule has 34 heavy (non-hydrogen) atoms. The predicted molar refractivity (Wildman–Crippen MR) is 135 cm³/mol. The van der Waals surface area contributed by atoms with E-state index in [9.17, 15) is 14.4 Å². The third kappa shape index (κ3) is 4.61. The number of halogens is 2. The molecule has 8 heteroatoms. The molecule has 0 unspecified atom stereocenters. The van der Waals surface area contributed by atoms with Crippen LogP contribution in [0.5, 0.6) is 0 Å². The summed E-state index contributed by atoms with van der Waals surface area (Å²) in [4.78, 5) is 42.5. The molecule has 1 atom stereocenters. The second-order valence-corrected chi connectivity index (χ2v) is 9.50. The van der Waals surface area contributed by atoms with Gasteiger partial charge in [-0.05, 0) is 56.0 Å². The first-order valence-electron chi connectivity index (χ1n) is 11.0. The number of amides is 3. The van der Waals surface area contributed by atoms with E-state index in [2.05, 4.69) is 5.32 Å². The molecule has 6 nitrogen and oxygen atoms in total. The molecule has 3 amide bonds. The molecule has 0 spiro atoms. The van der Waals surface area contributed by atoms with Gasteiger partial charge in [-0.3, -0.25) is 19.3 Å². The highest BCUT2D eigenvalue weighted by Gasteiger charge is 2.34. The Balaban J connectivity index is 1.64. The van der Waals surface area contributed by atoms with Crippen LogP contribution in [-0.2, 0) is 16.1 Å². The summed E-state index contributed by atoms with van der Waals surface area (Å²) in [5.74, 6) is -0.855. The third-order valence-corrected chi connectivity index (χ3v) is 6.62. The lowest BCUT2D eigenvalue weighted by Crippen LogP contribution is -2.51. The van der Waals surface area contributed by atoms with Crippen LogP contribution < -0.4 is 10.2 Å². The first-order valence-corrected chi connectivity index (χ1v) is 11.8. The number of carbonyl (C=O) groups is 3. The number of carbonyl (C=O) groups excluding carboxylic acids is 3. The van der Waals surface area contributed by atoms with Gasteiger partial charge < -0.3 is 10.2 Å². The Hall–Kier alpha value is -3.09. The molecule has 0 fully saturated rings. The molecular formula is C26H25Cl2N3O3. The second-order valence-electron chi connectivity index (χ2n) is 8.68. The summed E-state index contributed by atoms with van der Waals surface area (Å²) in [5.41, 5.74) is 1.99. The summed E-state index contributed by atoms with van der Waals surface area (Å²) in [5, 5.41) is 5.40. The summed E-state index contributed by atoms with van der Waals surface area (Å²) in [6.07, 6.45) is 0. The highest BCUT2D eigenvalue weighted by molar-refractivity contribution is 6.42. The van der Waals surface area contributed by atoms with Crippen LogP contribution in [0.25, 0.3) is 10.8 Å². The summed E-state index contributed by atoms with van der Waals surface area (Å²) in [7, 11) is 0. The van der Waals surface area contributed by atoms with Crippen LogP contribution in [0.2, 0.25) is 10.0 Å². The van der Waals surface area contributed by atoms with Crippen molar-refractivity contribution in [3.63, 3.8) is 0 Å². The van der Waals surface area contributed by atoms with E-state index < -0.39 is 6.04 Å². The van der Waals surface area contributed by atoms with Gasteiger partial charge in [0.2, 0.25) is 11.8 Å². The Morgan fingerprint density at radius 1 is 1.00 bits per heavy atom. The minimum Gasteiger partial charge on any atom is -0.352 e. The maximum absolute atomic E-state index is 13.6. The molecule has 1 heterocycles. The average molecular weight is 498 g/mol. The van der Waals surface area contributed by atoms with E-state index in [0.717, 1.165) is 16.3 Å². The lowest BCUT2D eigenvalue weighted by Gasteiger charge is -2.31. The molecule has 0 bridgehead atoms. The fraction of sp³-hybridized carbons (Fsp3) is 0.269. The molecule has 3 aromatic rings. The molecule has 0 saturated heterocycles. The SMILES string of the molecule is CC(C)NC(=O)[C@H](C)N(Cc1ccc(Cl)c(Cl)c1)C(=O)CN1C(=O)c2cccc3cccc1c23. The fourth-order valence-electron chi connectivity index (χ4n) is 4.18. The Labute approximate surface area is 208 Å². The zero-order chi connectivity index (χ0) is 24.6. The van der Waals surface area contributed by atoms with Gasteiger partial charge >= 0.3 is 0 Å². The van der Waals surface area contributed by atoms with E-state index in [4.69, 9.17) is 23.2 Å². The van der Waals surface area contributed by atoms with Gasteiger partial charge in [0.05, 0.1) is 15.7 Å². The van der Waals surface area contributed by atoms with E-state index in [1.807, 2.05) is 44.2 Å². The molecule has 0 radical (unpaired) electrons. The van der Waals surface area contributed by atoms with Crippen molar-refractivity contribution in [3.05, 3.63) is 75.8 Å². The minimum absolute atomic E-state index is 0.0795. The van der Waals surface area contributed by atoms with Crippen LogP contribution in [0.15, 0.2) is 54.6 Å². The maximum atomic E-state index is 13.6. The Morgan fingerprint density at radius 3 is 2.38 bits per heavy atom. The number of benzene rings is 3. The Bertz CT molecular complexity index is 1290. The fourth-order valence-corrected chi connectivity index (χ4v) is 4.51. The van der Waals surface area contributed by atoms with Gasteiger partial charge in [-0.2, -0.15) is 0 Å². The van der Waals surface area contributed by atoms with Gasteiger partial charge in [-0.15, -0.1) is 0 Å². The topological polar surface area (TPSA) is 69.7 Å².